The third-order valence-electron chi connectivity index (χ3n) is 3.48. The number of hydrogen-bond donors (Lipinski definition) is 1. The van der Waals surface area contributed by atoms with Crippen molar-refractivity contribution in [2.75, 3.05) is 11.9 Å². The van der Waals surface area contributed by atoms with Crippen LogP contribution in [0.25, 0.3) is 0 Å². The second-order valence-electron chi connectivity index (χ2n) is 5.12. The Morgan fingerprint density at radius 2 is 1.63 bits per heavy atom. The minimum Gasteiger partial charge on any atom is -0.389 e. The maximum absolute atomic E-state index is 9.53. The van der Waals surface area contributed by atoms with Gasteiger partial charge in [-0.1, -0.05) is 29.8 Å². The second-order valence-corrected chi connectivity index (χ2v) is 5.12. The van der Waals surface area contributed by atoms with Gasteiger partial charge in [0.25, 0.3) is 0 Å². The molecule has 2 heteroatoms. The molecule has 0 amide bonds. The third-order valence-corrected chi connectivity index (χ3v) is 3.48. The summed E-state index contributed by atoms with van der Waals surface area (Å²) in [6.45, 7) is 6.01. The van der Waals surface area contributed by atoms with Crippen LogP contribution in [0.1, 0.15) is 29.7 Å². The quantitative estimate of drug-likeness (QED) is 0.891. The highest BCUT2D eigenvalue weighted by Gasteiger charge is 2.08. The fraction of sp³-hybridized carbons (Fsp3) is 0.294. The van der Waals surface area contributed by atoms with E-state index in [2.05, 4.69) is 44.0 Å². The number of aryl methyl sites for hydroxylation is 2. The molecule has 100 valence electrons. The Hall–Kier alpha value is -1.80. The number of rotatable bonds is 3. The summed E-state index contributed by atoms with van der Waals surface area (Å²) in [5.74, 6) is 0. The predicted molar refractivity (Wildman–Crippen MR) is 81.1 cm³/mol. The Balaban J connectivity index is 2.30. The summed E-state index contributed by atoms with van der Waals surface area (Å²) in [6, 6.07) is 14.5. The predicted octanol–water partition coefficient (Wildman–Crippen LogP) is 4.12. The molecule has 2 rings (SSSR count). The van der Waals surface area contributed by atoms with Crippen LogP contribution in [-0.2, 0) is 0 Å². The van der Waals surface area contributed by atoms with Gasteiger partial charge < -0.3 is 10.0 Å². The zero-order chi connectivity index (χ0) is 14.0. The molecule has 0 saturated heterocycles. The van der Waals surface area contributed by atoms with Gasteiger partial charge in [0.15, 0.2) is 0 Å². The summed E-state index contributed by atoms with van der Waals surface area (Å²) in [4.78, 5) is 2.17. The summed E-state index contributed by atoms with van der Waals surface area (Å²) < 4.78 is 0. The number of aliphatic hydroxyl groups excluding tert-OH is 1. The van der Waals surface area contributed by atoms with Gasteiger partial charge in [0.2, 0.25) is 0 Å². The molecule has 0 aliphatic carbocycles. The van der Waals surface area contributed by atoms with Crippen LogP contribution in [0.15, 0.2) is 42.5 Å². The van der Waals surface area contributed by atoms with Crippen molar-refractivity contribution in [2.24, 2.45) is 0 Å². The Morgan fingerprint density at radius 3 is 2.16 bits per heavy atom. The molecule has 0 aliphatic heterocycles. The van der Waals surface area contributed by atoms with E-state index in [1.54, 1.807) is 6.92 Å². The zero-order valence-electron chi connectivity index (χ0n) is 12.0. The molecule has 0 fully saturated rings. The number of nitrogens with zero attached hydrogens (tertiary/aromatic N) is 1. The first-order valence-corrected chi connectivity index (χ1v) is 6.58. The lowest BCUT2D eigenvalue weighted by molar-refractivity contribution is 0.199. The fourth-order valence-corrected chi connectivity index (χ4v) is 2.30. The van der Waals surface area contributed by atoms with E-state index in [9.17, 15) is 5.11 Å². The highest BCUT2D eigenvalue weighted by molar-refractivity contribution is 5.66. The van der Waals surface area contributed by atoms with E-state index in [-0.39, 0.29) is 0 Å². The van der Waals surface area contributed by atoms with E-state index in [1.165, 1.54) is 16.8 Å². The van der Waals surface area contributed by atoms with Gasteiger partial charge in [-0.15, -0.1) is 0 Å². The highest BCUT2D eigenvalue weighted by Crippen LogP contribution is 2.28. The standard InChI is InChI=1S/C17H21NO/c1-12-5-10-17(13(2)11-12)18(4)16-8-6-15(7-9-16)14(3)19/h5-11,14,19H,1-4H3/t14-/m0/s1. The lowest BCUT2D eigenvalue weighted by Crippen LogP contribution is -2.11. The number of aliphatic hydroxyl groups is 1. The average Bonchev–Trinajstić information content (AvgIpc) is 2.38. The first-order chi connectivity index (χ1) is 8.99. The Morgan fingerprint density at radius 1 is 1.00 bits per heavy atom. The lowest BCUT2D eigenvalue weighted by Gasteiger charge is -2.22. The Labute approximate surface area is 115 Å². The third kappa shape index (κ3) is 2.96. The van der Waals surface area contributed by atoms with Gasteiger partial charge in [-0.25, -0.2) is 0 Å². The van der Waals surface area contributed by atoms with Gasteiger partial charge in [-0.2, -0.15) is 0 Å². The molecule has 1 N–H and O–H groups in total. The SMILES string of the molecule is Cc1ccc(N(C)c2ccc([C@H](C)O)cc2)c(C)c1. The van der Waals surface area contributed by atoms with Gasteiger partial charge in [0.1, 0.15) is 0 Å². The average molecular weight is 255 g/mol. The molecule has 0 aromatic heterocycles. The molecule has 2 aromatic carbocycles. The summed E-state index contributed by atoms with van der Waals surface area (Å²) >= 11 is 0. The van der Waals surface area contributed by atoms with E-state index in [0.29, 0.717) is 0 Å². The van der Waals surface area contributed by atoms with Crippen LogP contribution in [0.4, 0.5) is 11.4 Å². The van der Waals surface area contributed by atoms with Crippen LogP contribution in [0.5, 0.6) is 0 Å². The van der Waals surface area contributed by atoms with E-state index >= 15 is 0 Å². The van der Waals surface area contributed by atoms with E-state index < -0.39 is 6.10 Å². The molecule has 1 atom stereocenters. The van der Waals surface area contributed by atoms with Crippen molar-refractivity contribution in [2.45, 2.75) is 26.9 Å². The second kappa shape index (κ2) is 5.45. The molecule has 0 radical (unpaired) electrons. The van der Waals surface area contributed by atoms with Crippen molar-refractivity contribution in [1.82, 2.24) is 0 Å². The zero-order valence-corrected chi connectivity index (χ0v) is 12.0. The maximum Gasteiger partial charge on any atom is 0.0761 e. The number of benzene rings is 2. The minimum absolute atomic E-state index is 0.416. The van der Waals surface area contributed by atoms with Crippen molar-refractivity contribution in [3.05, 3.63) is 59.2 Å². The van der Waals surface area contributed by atoms with Gasteiger partial charge in [0, 0.05) is 18.4 Å². The van der Waals surface area contributed by atoms with Crippen LogP contribution >= 0.6 is 0 Å². The molecule has 2 nitrogen and oxygen atoms in total. The molecule has 2 aromatic rings. The molecule has 0 spiro atoms. The monoisotopic (exact) mass is 255 g/mol. The van der Waals surface area contributed by atoms with Crippen LogP contribution in [0, 0.1) is 13.8 Å². The number of anilines is 2. The van der Waals surface area contributed by atoms with Gasteiger partial charge >= 0.3 is 0 Å². The molecule has 0 aliphatic rings. The molecule has 19 heavy (non-hydrogen) atoms. The van der Waals surface area contributed by atoms with Crippen molar-refractivity contribution in [3.8, 4) is 0 Å². The van der Waals surface area contributed by atoms with Crippen LogP contribution in [-0.4, -0.2) is 12.2 Å². The first kappa shape index (κ1) is 13.6. The van der Waals surface area contributed by atoms with Crippen LogP contribution in [0.3, 0.4) is 0 Å². The lowest BCUT2D eigenvalue weighted by atomic mass is 10.1. The number of hydrogen-bond acceptors (Lipinski definition) is 2. The van der Waals surface area contributed by atoms with Crippen molar-refractivity contribution in [3.63, 3.8) is 0 Å². The van der Waals surface area contributed by atoms with E-state index in [1.807, 2.05) is 24.3 Å². The van der Waals surface area contributed by atoms with Crippen LogP contribution in [0.2, 0.25) is 0 Å². The minimum atomic E-state index is -0.416. The smallest absolute Gasteiger partial charge is 0.0761 e. The van der Waals surface area contributed by atoms with Gasteiger partial charge in [0.05, 0.1) is 6.10 Å². The van der Waals surface area contributed by atoms with E-state index in [4.69, 9.17) is 0 Å². The first-order valence-electron chi connectivity index (χ1n) is 6.58. The Kier molecular flexibility index (Phi) is 3.91. The molecule has 0 saturated carbocycles. The Bertz CT molecular complexity index is 558. The van der Waals surface area contributed by atoms with Crippen LogP contribution < -0.4 is 4.90 Å². The van der Waals surface area contributed by atoms with Gasteiger partial charge in [-0.05, 0) is 50.1 Å². The highest BCUT2D eigenvalue weighted by atomic mass is 16.3. The summed E-state index contributed by atoms with van der Waals surface area (Å²) in [5.41, 5.74) is 5.81. The van der Waals surface area contributed by atoms with Gasteiger partial charge in [-0.3, -0.25) is 0 Å². The molecule has 0 bridgehead atoms. The normalized spacial score (nSPS) is 12.3. The summed E-state index contributed by atoms with van der Waals surface area (Å²) in [6.07, 6.45) is -0.416. The summed E-state index contributed by atoms with van der Waals surface area (Å²) in [7, 11) is 2.06. The molecule has 0 unspecified atom stereocenters. The van der Waals surface area contributed by atoms with Crippen molar-refractivity contribution >= 4 is 11.4 Å². The molecular weight excluding hydrogens is 234 g/mol. The molecular formula is C17H21NO. The molecule has 0 heterocycles. The van der Waals surface area contributed by atoms with Crippen molar-refractivity contribution < 1.29 is 5.11 Å². The van der Waals surface area contributed by atoms with Crippen molar-refractivity contribution in [1.29, 1.82) is 0 Å². The van der Waals surface area contributed by atoms with E-state index in [0.717, 1.165) is 11.3 Å². The maximum atomic E-state index is 9.53. The fourth-order valence-electron chi connectivity index (χ4n) is 2.30. The largest absolute Gasteiger partial charge is 0.389 e. The topological polar surface area (TPSA) is 23.5 Å². The summed E-state index contributed by atoms with van der Waals surface area (Å²) in [5, 5.41) is 9.53.